The Balaban J connectivity index is 1.21. The van der Waals surface area contributed by atoms with Gasteiger partial charge in [-0.25, -0.2) is 4.52 Å². The van der Waals surface area contributed by atoms with E-state index >= 15 is 0 Å². The SMILES string of the molecule is CN1CCN(CCNC(=O)c2ccc(Nc3nc4c(-c5cccc(Cl)c5)cccn4n3)cc2)CC1. The molecule has 180 valence electrons. The maximum absolute atomic E-state index is 12.5. The summed E-state index contributed by atoms with van der Waals surface area (Å²) in [6.45, 7) is 5.75. The van der Waals surface area contributed by atoms with Crippen LogP contribution in [0.4, 0.5) is 11.6 Å². The molecule has 9 heteroatoms. The molecule has 0 saturated carbocycles. The van der Waals surface area contributed by atoms with E-state index in [9.17, 15) is 4.79 Å². The number of piperazine rings is 1. The summed E-state index contributed by atoms with van der Waals surface area (Å²) in [5, 5.41) is 11.5. The van der Waals surface area contributed by atoms with Crippen molar-refractivity contribution in [3.8, 4) is 11.1 Å². The van der Waals surface area contributed by atoms with Gasteiger partial charge in [0.15, 0.2) is 5.65 Å². The first kappa shape index (κ1) is 23.3. The van der Waals surface area contributed by atoms with Crippen molar-refractivity contribution in [2.45, 2.75) is 0 Å². The quantitative estimate of drug-likeness (QED) is 0.411. The van der Waals surface area contributed by atoms with Crippen molar-refractivity contribution in [2.75, 3.05) is 51.6 Å². The van der Waals surface area contributed by atoms with E-state index in [2.05, 4.69) is 37.6 Å². The second-order valence-electron chi connectivity index (χ2n) is 8.74. The minimum Gasteiger partial charge on any atom is -0.351 e. The fraction of sp³-hybridized carbons (Fsp3) is 0.269. The average Bonchev–Trinajstić information content (AvgIpc) is 3.28. The fourth-order valence-electron chi connectivity index (χ4n) is 4.18. The number of likely N-dealkylation sites (N-methyl/N-ethyl adjacent to an activating group) is 1. The number of hydrogen-bond donors (Lipinski definition) is 2. The molecule has 1 amide bonds. The normalized spacial score (nSPS) is 14.8. The van der Waals surface area contributed by atoms with Gasteiger partial charge in [-0.3, -0.25) is 9.69 Å². The lowest BCUT2D eigenvalue weighted by molar-refractivity contribution is 0.0941. The molecule has 4 aromatic rings. The Labute approximate surface area is 209 Å². The summed E-state index contributed by atoms with van der Waals surface area (Å²) >= 11 is 6.17. The minimum atomic E-state index is -0.0669. The summed E-state index contributed by atoms with van der Waals surface area (Å²) in [5.74, 6) is 0.409. The van der Waals surface area contributed by atoms with Crippen LogP contribution in [0.2, 0.25) is 5.02 Å². The largest absolute Gasteiger partial charge is 0.351 e. The molecule has 3 heterocycles. The molecule has 1 saturated heterocycles. The zero-order chi connectivity index (χ0) is 24.2. The molecule has 35 heavy (non-hydrogen) atoms. The van der Waals surface area contributed by atoms with Gasteiger partial charge in [0.1, 0.15) is 0 Å². The average molecular weight is 490 g/mol. The summed E-state index contributed by atoms with van der Waals surface area (Å²) in [6.07, 6.45) is 1.86. The van der Waals surface area contributed by atoms with E-state index in [1.807, 2.05) is 54.7 Å². The lowest BCUT2D eigenvalue weighted by Crippen LogP contribution is -2.46. The number of anilines is 2. The number of carbonyl (C=O) groups excluding carboxylic acids is 1. The predicted octanol–water partition coefficient (Wildman–Crippen LogP) is 3.77. The Morgan fingerprint density at radius 1 is 1.03 bits per heavy atom. The number of carbonyl (C=O) groups is 1. The summed E-state index contributed by atoms with van der Waals surface area (Å²) in [4.78, 5) is 21.9. The lowest BCUT2D eigenvalue weighted by atomic mass is 10.1. The zero-order valence-corrected chi connectivity index (χ0v) is 20.4. The van der Waals surface area contributed by atoms with Crippen LogP contribution in [0.25, 0.3) is 16.8 Å². The number of hydrogen-bond acceptors (Lipinski definition) is 6. The van der Waals surface area contributed by atoms with Gasteiger partial charge in [-0.15, -0.1) is 5.10 Å². The molecule has 0 atom stereocenters. The highest BCUT2D eigenvalue weighted by Crippen LogP contribution is 2.27. The van der Waals surface area contributed by atoms with Crippen LogP contribution in [0.15, 0.2) is 66.9 Å². The molecule has 0 spiro atoms. The fourth-order valence-corrected chi connectivity index (χ4v) is 4.37. The van der Waals surface area contributed by atoms with E-state index in [-0.39, 0.29) is 5.91 Å². The highest BCUT2D eigenvalue weighted by atomic mass is 35.5. The number of aromatic nitrogens is 3. The van der Waals surface area contributed by atoms with Crippen LogP contribution in [-0.2, 0) is 0 Å². The summed E-state index contributed by atoms with van der Waals surface area (Å²) < 4.78 is 1.74. The van der Waals surface area contributed by atoms with Crippen LogP contribution in [-0.4, -0.2) is 76.6 Å². The van der Waals surface area contributed by atoms with Gasteiger partial charge >= 0.3 is 0 Å². The highest BCUT2D eigenvalue weighted by molar-refractivity contribution is 6.30. The van der Waals surface area contributed by atoms with Crippen molar-refractivity contribution in [2.24, 2.45) is 0 Å². The molecule has 0 aliphatic carbocycles. The van der Waals surface area contributed by atoms with Gasteiger partial charge in [-0.1, -0.05) is 23.7 Å². The molecule has 2 N–H and O–H groups in total. The van der Waals surface area contributed by atoms with Crippen molar-refractivity contribution in [3.05, 3.63) is 77.4 Å². The third-order valence-electron chi connectivity index (χ3n) is 6.21. The maximum Gasteiger partial charge on any atom is 0.251 e. The van der Waals surface area contributed by atoms with E-state index in [1.165, 1.54) is 0 Å². The Bertz CT molecular complexity index is 1310. The molecule has 1 aliphatic heterocycles. The molecule has 2 aromatic heterocycles. The smallest absolute Gasteiger partial charge is 0.251 e. The second-order valence-corrected chi connectivity index (χ2v) is 9.18. The van der Waals surface area contributed by atoms with Crippen molar-refractivity contribution in [3.63, 3.8) is 0 Å². The molecule has 0 bridgehead atoms. The molecule has 2 aromatic carbocycles. The Hall–Kier alpha value is -3.46. The first-order valence-corrected chi connectivity index (χ1v) is 12.1. The number of benzene rings is 2. The van der Waals surface area contributed by atoms with Crippen molar-refractivity contribution < 1.29 is 4.79 Å². The van der Waals surface area contributed by atoms with Gasteiger partial charge in [0, 0.05) is 67.3 Å². The minimum absolute atomic E-state index is 0.0669. The second kappa shape index (κ2) is 10.4. The number of rotatable bonds is 7. The zero-order valence-electron chi connectivity index (χ0n) is 19.6. The lowest BCUT2D eigenvalue weighted by Gasteiger charge is -2.32. The molecule has 1 aliphatic rings. The van der Waals surface area contributed by atoms with E-state index in [1.54, 1.807) is 16.6 Å². The van der Waals surface area contributed by atoms with Crippen LogP contribution in [0, 0.1) is 0 Å². The Kier molecular flexibility index (Phi) is 6.94. The molecule has 5 rings (SSSR count). The monoisotopic (exact) mass is 489 g/mol. The third-order valence-corrected chi connectivity index (χ3v) is 6.45. The van der Waals surface area contributed by atoms with Crippen LogP contribution in [0.3, 0.4) is 0 Å². The first-order valence-electron chi connectivity index (χ1n) is 11.7. The van der Waals surface area contributed by atoms with Gasteiger partial charge in [0.2, 0.25) is 5.95 Å². The summed E-state index contributed by atoms with van der Waals surface area (Å²) in [5.41, 5.74) is 4.08. The van der Waals surface area contributed by atoms with Crippen molar-refractivity contribution >= 4 is 34.8 Å². The predicted molar refractivity (Wildman–Crippen MR) is 139 cm³/mol. The number of amides is 1. The van der Waals surface area contributed by atoms with E-state index in [0.29, 0.717) is 23.1 Å². The van der Waals surface area contributed by atoms with Crippen LogP contribution >= 0.6 is 11.6 Å². The number of nitrogens with zero attached hydrogens (tertiary/aromatic N) is 5. The molecule has 8 nitrogen and oxygen atoms in total. The summed E-state index contributed by atoms with van der Waals surface area (Å²) in [6, 6.07) is 18.9. The first-order chi connectivity index (χ1) is 17.0. The standard InChI is InChI=1S/C26H28ClN7O/c1-32-14-16-33(17-15-32)13-11-28-25(35)19-7-9-22(10-8-19)29-26-30-24-23(6-3-12-34(24)31-26)20-4-2-5-21(27)18-20/h2-10,12,18H,11,13-17H2,1H3,(H,28,35)(H,29,31). The number of halogens is 1. The van der Waals surface area contributed by atoms with Gasteiger partial charge in [0.05, 0.1) is 0 Å². The molecule has 0 radical (unpaired) electrons. The van der Waals surface area contributed by atoms with Crippen molar-refractivity contribution in [1.29, 1.82) is 0 Å². The van der Waals surface area contributed by atoms with Crippen molar-refractivity contribution in [1.82, 2.24) is 29.7 Å². The number of nitrogens with one attached hydrogen (secondary N) is 2. The van der Waals surface area contributed by atoms with Gasteiger partial charge in [0.25, 0.3) is 5.91 Å². The van der Waals surface area contributed by atoms with Gasteiger partial charge < -0.3 is 15.5 Å². The number of pyridine rings is 1. The van der Waals surface area contributed by atoms with Gasteiger partial charge in [-0.2, -0.15) is 4.98 Å². The molecule has 0 unspecified atom stereocenters. The third kappa shape index (κ3) is 5.62. The number of fused-ring (bicyclic) bond motifs is 1. The van der Waals surface area contributed by atoms with Crippen LogP contribution < -0.4 is 10.6 Å². The highest BCUT2D eigenvalue weighted by Gasteiger charge is 2.14. The Morgan fingerprint density at radius 2 is 1.83 bits per heavy atom. The van der Waals surface area contributed by atoms with Gasteiger partial charge in [-0.05, 0) is 61.1 Å². The van der Waals surface area contributed by atoms with E-state index in [4.69, 9.17) is 11.6 Å². The Morgan fingerprint density at radius 3 is 2.60 bits per heavy atom. The molecular weight excluding hydrogens is 462 g/mol. The topological polar surface area (TPSA) is 77.8 Å². The maximum atomic E-state index is 12.5. The van der Waals surface area contributed by atoms with E-state index < -0.39 is 0 Å². The molecular formula is C26H28ClN7O. The summed E-state index contributed by atoms with van der Waals surface area (Å²) in [7, 11) is 2.14. The van der Waals surface area contributed by atoms with Crippen LogP contribution in [0.1, 0.15) is 10.4 Å². The molecule has 1 fully saturated rings. The van der Waals surface area contributed by atoms with E-state index in [0.717, 1.165) is 55.2 Å². The van der Waals surface area contributed by atoms with Crippen LogP contribution in [0.5, 0.6) is 0 Å².